The third-order valence-electron chi connectivity index (χ3n) is 6.96. The molecule has 2 atom stereocenters. The van der Waals surface area contributed by atoms with Gasteiger partial charge in [0, 0.05) is 36.2 Å². The lowest BCUT2D eigenvalue weighted by molar-refractivity contribution is -0.140. The molecule has 1 unspecified atom stereocenters. The summed E-state index contributed by atoms with van der Waals surface area (Å²) < 4.78 is 41.8. The number of aromatic nitrogens is 5. The number of H-pyrrole nitrogens is 1. The molecule has 41 heavy (non-hydrogen) atoms. The molecule has 216 valence electrons. The quantitative estimate of drug-likeness (QED) is 0.208. The Labute approximate surface area is 233 Å². The maximum absolute atomic E-state index is 13.4. The summed E-state index contributed by atoms with van der Waals surface area (Å²) in [6.07, 6.45) is 3.17. The predicted molar refractivity (Wildman–Crippen MR) is 146 cm³/mol. The molecule has 3 aromatic heterocycles. The van der Waals surface area contributed by atoms with Crippen molar-refractivity contribution < 1.29 is 22.8 Å². The van der Waals surface area contributed by atoms with Gasteiger partial charge in [0.15, 0.2) is 11.5 Å². The Morgan fingerprint density at radius 3 is 2.78 bits per heavy atom. The number of anilines is 2. The number of fused-ring (bicyclic) bond motifs is 1. The van der Waals surface area contributed by atoms with E-state index in [-0.39, 0.29) is 35.2 Å². The zero-order chi connectivity index (χ0) is 29.1. The molecule has 1 fully saturated rings. The fourth-order valence-electron chi connectivity index (χ4n) is 4.86. The number of alkyl halides is 3. The number of hydrogen-bond donors (Lipinski definition) is 5. The van der Waals surface area contributed by atoms with E-state index in [0.717, 1.165) is 31.1 Å². The lowest BCUT2D eigenvalue weighted by Crippen LogP contribution is -2.46. The monoisotopic (exact) mass is 569 g/mol. The van der Waals surface area contributed by atoms with E-state index in [1.807, 2.05) is 25.0 Å². The highest BCUT2D eigenvalue weighted by Crippen LogP contribution is 2.36. The zero-order valence-corrected chi connectivity index (χ0v) is 22.5. The molecule has 0 bridgehead atoms. The molecule has 5 rings (SSSR count). The highest BCUT2D eigenvalue weighted by Gasteiger charge is 2.36. The number of imidazole rings is 1. The molecule has 4 aromatic rings. The van der Waals surface area contributed by atoms with Crippen LogP contribution < -0.4 is 21.3 Å². The summed E-state index contributed by atoms with van der Waals surface area (Å²) in [6.45, 7) is 4.90. The number of carbonyl (C=O) groups excluding carboxylic acids is 2. The summed E-state index contributed by atoms with van der Waals surface area (Å²) >= 11 is 0. The largest absolute Gasteiger partial charge is 0.433 e. The normalized spacial score (nSPS) is 16.1. The summed E-state index contributed by atoms with van der Waals surface area (Å²) in [4.78, 5) is 33.9. The van der Waals surface area contributed by atoms with Crippen LogP contribution in [-0.2, 0) is 17.4 Å². The van der Waals surface area contributed by atoms with Crippen LogP contribution in [0.3, 0.4) is 0 Å². The van der Waals surface area contributed by atoms with E-state index in [4.69, 9.17) is 0 Å². The Morgan fingerprint density at radius 2 is 2.05 bits per heavy atom. The summed E-state index contributed by atoms with van der Waals surface area (Å²) in [5, 5.41) is 17.7. The van der Waals surface area contributed by atoms with Gasteiger partial charge in [-0.3, -0.25) is 19.1 Å². The fraction of sp³-hybridized carbons (Fsp3) is 0.370. The van der Waals surface area contributed by atoms with E-state index in [9.17, 15) is 22.8 Å². The first-order valence-electron chi connectivity index (χ1n) is 13.3. The lowest BCUT2D eigenvalue weighted by Gasteiger charge is -2.18. The number of halogens is 3. The minimum absolute atomic E-state index is 0.0629. The second-order valence-electron chi connectivity index (χ2n) is 9.89. The van der Waals surface area contributed by atoms with Crippen molar-refractivity contribution in [3.8, 4) is 11.3 Å². The molecule has 11 nitrogen and oxygen atoms in total. The molecule has 0 aliphatic carbocycles. The smallest absolute Gasteiger partial charge is 0.353 e. The number of nitrogens with one attached hydrogen (secondary N) is 5. The van der Waals surface area contributed by atoms with Gasteiger partial charge in [0.2, 0.25) is 5.91 Å². The van der Waals surface area contributed by atoms with Crippen LogP contribution in [0.5, 0.6) is 0 Å². The third kappa shape index (κ3) is 6.01. The average molecular weight is 570 g/mol. The average Bonchev–Trinajstić information content (AvgIpc) is 3.72. The minimum Gasteiger partial charge on any atom is -0.353 e. The van der Waals surface area contributed by atoms with Crippen molar-refractivity contribution in [2.24, 2.45) is 0 Å². The number of carbonyl (C=O) groups is 2. The topological polar surface area (TPSA) is 141 Å². The first kappa shape index (κ1) is 28.1. The molecule has 1 aliphatic rings. The summed E-state index contributed by atoms with van der Waals surface area (Å²) in [7, 11) is 0. The van der Waals surface area contributed by atoms with E-state index < -0.39 is 11.9 Å². The van der Waals surface area contributed by atoms with Gasteiger partial charge in [0.05, 0.1) is 29.7 Å². The van der Waals surface area contributed by atoms with Gasteiger partial charge < -0.3 is 21.3 Å². The van der Waals surface area contributed by atoms with E-state index in [2.05, 4.69) is 36.3 Å². The van der Waals surface area contributed by atoms with E-state index in [1.165, 1.54) is 23.0 Å². The van der Waals surface area contributed by atoms with Crippen molar-refractivity contribution in [1.29, 1.82) is 0 Å². The molecule has 2 amide bonds. The standard InChI is InChI=1S/C27H30F3N9O2/c1-3-16-11-17(6-7-18(16)25(40)36-15(2)12-34-26(41)20-5-4-8-31-20)37-23-24-33-14-21(39(24)10-9-32-23)19-13-35-38-22(19)27(28,29)30/h6-7,9-11,13-15,20,31H,3-5,8,12H2,1-2H3,(H,32,37)(H,34,41)(H,35,38)(H,36,40)/t15?,20-/m0/s1. The van der Waals surface area contributed by atoms with E-state index >= 15 is 0 Å². The van der Waals surface area contributed by atoms with Crippen molar-refractivity contribution in [3.05, 3.63) is 59.8 Å². The van der Waals surface area contributed by atoms with Crippen molar-refractivity contribution >= 4 is 29.0 Å². The van der Waals surface area contributed by atoms with Crippen molar-refractivity contribution in [1.82, 2.24) is 40.5 Å². The molecule has 5 N–H and O–H groups in total. The molecule has 0 spiro atoms. The third-order valence-corrected chi connectivity index (χ3v) is 6.96. The predicted octanol–water partition coefficient (Wildman–Crippen LogP) is 3.43. The number of benzene rings is 1. The van der Waals surface area contributed by atoms with Crippen molar-refractivity contribution in [2.45, 2.75) is 51.4 Å². The molecule has 1 aliphatic heterocycles. The van der Waals surface area contributed by atoms with Gasteiger partial charge in [-0.1, -0.05) is 6.92 Å². The van der Waals surface area contributed by atoms with Crippen molar-refractivity contribution in [3.63, 3.8) is 0 Å². The Morgan fingerprint density at radius 1 is 1.22 bits per heavy atom. The van der Waals surface area contributed by atoms with Gasteiger partial charge >= 0.3 is 6.18 Å². The maximum Gasteiger partial charge on any atom is 0.433 e. The van der Waals surface area contributed by atoms with Gasteiger partial charge in [-0.05, 0) is 56.5 Å². The van der Waals surface area contributed by atoms with Gasteiger partial charge in [0.25, 0.3) is 5.91 Å². The molecule has 1 aromatic carbocycles. The van der Waals surface area contributed by atoms with Crippen LogP contribution in [-0.4, -0.2) is 61.6 Å². The van der Waals surface area contributed by atoms with Gasteiger partial charge in [-0.25, -0.2) is 9.97 Å². The van der Waals surface area contributed by atoms with E-state index in [1.54, 1.807) is 12.1 Å². The number of aromatic amines is 1. The van der Waals surface area contributed by atoms with Crippen LogP contribution in [0.25, 0.3) is 16.9 Å². The highest BCUT2D eigenvalue weighted by molar-refractivity contribution is 5.96. The number of hydrogen-bond acceptors (Lipinski definition) is 7. The molecule has 0 saturated carbocycles. The first-order valence-corrected chi connectivity index (χ1v) is 13.3. The van der Waals surface area contributed by atoms with Crippen LogP contribution in [0.15, 0.2) is 43.0 Å². The minimum atomic E-state index is -4.60. The molecule has 4 heterocycles. The Hall–Kier alpha value is -4.46. The summed E-state index contributed by atoms with van der Waals surface area (Å²) in [5.74, 6) is 0.0103. The Kier molecular flexibility index (Phi) is 7.92. The highest BCUT2D eigenvalue weighted by atomic mass is 19.4. The number of aryl methyl sites for hydroxylation is 1. The zero-order valence-electron chi connectivity index (χ0n) is 22.5. The Balaban J connectivity index is 1.30. The lowest BCUT2D eigenvalue weighted by atomic mass is 10.0. The first-order chi connectivity index (χ1) is 19.7. The van der Waals surface area contributed by atoms with Gasteiger partial charge in [-0.15, -0.1) is 0 Å². The molecular formula is C27H30F3N9O2. The summed E-state index contributed by atoms with van der Waals surface area (Å²) in [6, 6.07) is 4.78. The second kappa shape index (κ2) is 11.6. The molecule has 14 heteroatoms. The van der Waals surface area contributed by atoms with Crippen LogP contribution in [0.4, 0.5) is 24.7 Å². The van der Waals surface area contributed by atoms with Crippen LogP contribution in [0.1, 0.15) is 48.3 Å². The van der Waals surface area contributed by atoms with Crippen LogP contribution >= 0.6 is 0 Å². The van der Waals surface area contributed by atoms with Crippen molar-refractivity contribution in [2.75, 3.05) is 18.4 Å². The summed E-state index contributed by atoms with van der Waals surface area (Å²) in [5.41, 5.74) is 1.35. The van der Waals surface area contributed by atoms with Crippen LogP contribution in [0.2, 0.25) is 0 Å². The fourth-order valence-corrected chi connectivity index (χ4v) is 4.86. The molecular weight excluding hydrogens is 539 g/mol. The SMILES string of the molecule is CCc1cc(Nc2nccn3c(-c4cn[nH]c4C(F)(F)F)cnc23)ccc1C(=O)NC(C)CNC(=O)[C@@H]1CCCN1. The van der Waals surface area contributed by atoms with Gasteiger partial charge in [-0.2, -0.15) is 18.3 Å². The number of rotatable bonds is 9. The van der Waals surface area contributed by atoms with Gasteiger partial charge in [0.1, 0.15) is 5.69 Å². The number of amides is 2. The Bertz CT molecular complexity index is 1560. The van der Waals surface area contributed by atoms with Crippen LogP contribution in [0, 0.1) is 0 Å². The number of nitrogens with zero attached hydrogens (tertiary/aromatic N) is 4. The second-order valence-corrected chi connectivity index (χ2v) is 9.89. The molecule has 0 radical (unpaired) electrons. The molecule has 1 saturated heterocycles. The van der Waals surface area contributed by atoms with E-state index in [0.29, 0.717) is 35.7 Å². The maximum atomic E-state index is 13.4.